The lowest BCUT2D eigenvalue weighted by atomic mass is 9.48. The summed E-state index contributed by atoms with van der Waals surface area (Å²) >= 11 is 0. The van der Waals surface area contributed by atoms with Crippen LogP contribution in [0.4, 0.5) is 13.2 Å². The van der Waals surface area contributed by atoms with Crippen LogP contribution >= 0.6 is 0 Å². The molecule has 8 atom stereocenters. The van der Waals surface area contributed by atoms with Crippen LogP contribution in [0.5, 0.6) is 0 Å². The number of hydrogen-bond donors (Lipinski definition) is 1. The third-order valence-electron chi connectivity index (χ3n) is 9.45. The molecule has 4 aliphatic carbocycles. The average Bonchev–Trinajstić information content (AvgIpc) is 2.96. The number of halogens is 3. The number of fused-ring (bicyclic) bond motifs is 5. The second-order valence-corrected chi connectivity index (χ2v) is 10.9. The number of carbonyl (C=O) groups excluding carboxylic acids is 1. The van der Waals surface area contributed by atoms with Gasteiger partial charge in [0.2, 0.25) is 0 Å². The van der Waals surface area contributed by atoms with E-state index in [2.05, 4.69) is 6.92 Å². The van der Waals surface area contributed by atoms with E-state index in [4.69, 9.17) is 0 Å². The zero-order chi connectivity index (χ0) is 20.5. The summed E-state index contributed by atoms with van der Waals surface area (Å²) in [6, 6.07) is 0. The highest BCUT2D eigenvalue weighted by molar-refractivity contribution is 5.84. The summed E-state index contributed by atoms with van der Waals surface area (Å²) in [5.74, 6) is 2.56. The molecule has 4 rings (SSSR count). The number of Topliss-reactive ketones (excluding diaryl/α,β-unsaturated/α-hetero) is 1. The Labute approximate surface area is 166 Å². The van der Waals surface area contributed by atoms with Gasteiger partial charge in [0.25, 0.3) is 0 Å². The van der Waals surface area contributed by atoms with Crippen molar-refractivity contribution in [2.45, 2.75) is 90.3 Å². The molecule has 28 heavy (non-hydrogen) atoms. The quantitative estimate of drug-likeness (QED) is 0.638. The Kier molecular flexibility index (Phi) is 4.96. The molecule has 0 aromatic heterocycles. The number of hydrogen-bond acceptors (Lipinski definition) is 2. The van der Waals surface area contributed by atoms with Crippen molar-refractivity contribution in [2.24, 2.45) is 46.8 Å². The van der Waals surface area contributed by atoms with Crippen molar-refractivity contribution in [3.63, 3.8) is 0 Å². The van der Waals surface area contributed by atoms with Crippen LogP contribution < -0.4 is 0 Å². The van der Waals surface area contributed by atoms with Crippen LogP contribution in [0.25, 0.3) is 0 Å². The van der Waals surface area contributed by atoms with Crippen molar-refractivity contribution in [3.8, 4) is 0 Å². The van der Waals surface area contributed by atoms with Gasteiger partial charge in [-0.1, -0.05) is 20.8 Å². The Hall–Kier alpha value is -0.580. The molecular weight excluding hydrogens is 365 g/mol. The van der Waals surface area contributed by atoms with Crippen molar-refractivity contribution >= 4 is 5.78 Å². The fourth-order valence-corrected chi connectivity index (χ4v) is 8.01. The fourth-order valence-electron chi connectivity index (χ4n) is 8.01. The molecule has 1 N–H and O–H groups in total. The molecule has 0 amide bonds. The maximum atomic E-state index is 13.3. The van der Waals surface area contributed by atoms with E-state index in [1.54, 1.807) is 0 Å². The number of alkyl halides is 3. The summed E-state index contributed by atoms with van der Waals surface area (Å²) in [5, 5.41) is 10.2. The van der Waals surface area contributed by atoms with Crippen LogP contribution in [0.3, 0.4) is 0 Å². The Morgan fingerprint density at radius 1 is 0.964 bits per heavy atom. The molecule has 160 valence electrons. The molecule has 2 nitrogen and oxygen atoms in total. The van der Waals surface area contributed by atoms with Crippen molar-refractivity contribution in [1.82, 2.24) is 0 Å². The van der Waals surface area contributed by atoms with Crippen LogP contribution in [0.1, 0.15) is 78.6 Å². The summed E-state index contributed by atoms with van der Waals surface area (Å²) in [7, 11) is 0. The van der Waals surface area contributed by atoms with E-state index >= 15 is 0 Å². The first kappa shape index (κ1) is 20.7. The molecule has 0 aromatic carbocycles. The predicted octanol–water partition coefficient (Wildman–Crippen LogP) is 5.77. The molecule has 0 radical (unpaired) electrons. The lowest BCUT2D eigenvalue weighted by molar-refractivity contribution is -0.282. The summed E-state index contributed by atoms with van der Waals surface area (Å²) in [6.45, 7) is 6.32. The topological polar surface area (TPSA) is 37.3 Å². The minimum Gasteiger partial charge on any atom is -0.380 e. The fraction of sp³-hybridized carbons (Fsp3) is 0.957. The molecule has 0 aromatic rings. The van der Waals surface area contributed by atoms with Gasteiger partial charge in [-0.05, 0) is 92.8 Å². The van der Waals surface area contributed by atoms with Crippen molar-refractivity contribution < 1.29 is 23.1 Å². The van der Waals surface area contributed by atoms with Crippen molar-refractivity contribution in [3.05, 3.63) is 0 Å². The predicted molar refractivity (Wildman–Crippen MR) is 101 cm³/mol. The third kappa shape index (κ3) is 2.97. The zero-order valence-electron chi connectivity index (χ0n) is 17.4. The van der Waals surface area contributed by atoms with E-state index in [0.717, 1.165) is 38.5 Å². The van der Waals surface area contributed by atoms with Crippen LogP contribution in [0, 0.1) is 46.8 Å². The SMILES string of the molecule is CC(C)C(=O)[C@H]1CC[C@H]2[C@@H]3CC[C@@H]4C[C@@](O)(C(F)(F)F)CC[C@@H]4[C@H]3CC[C@]12C. The van der Waals surface area contributed by atoms with E-state index < -0.39 is 11.8 Å². The van der Waals surface area contributed by atoms with Gasteiger partial charge in [-0.2, -0.15) is 13.2 Å². The average molecular weight is 401 g/mol. The maximum Gasteiger partial charge on any atom is 0.417 e. The molecule has 4 fully saturated rings. The summed E-state index contributed by atoms with van der Waals surface area (Å²) < 4.78 is 40.0. The summed E-state index contributed by atoms with van der Waals surface area (Å²) in [4.78, 5) is 12.8. The minimum absolute atomic E-state index is 0.000442. The van der Waals surface area contributed by atoms with Gasteiger partial charge in [-0.25, -0.2) is 0 Å². The Morgan fingerprint density at radius 3 is 2.29 bits per heavy atom. The Balaban J connectivity index is 1.52. The lowest BCUT2D eigenvalue weighted by Crippen LogP contribution is -2.55. The standard InChI is InChI=1S/C23H35F3O2/c1-13(2)20(27)19-7-6-18-17-5-4-14-12-22(28,23(24,25)26)11-9-15(14)16(17)8-10-21(18,19)3/h13-19,28H,4-12H2,1-3H3/t14-,15+,16-,17-,18+,19-,21+,22-/m1/s1. The highest BCUT2D eigenvalue weighted by Gasteiger charge is 2.62. The Bertz CT molecular complexity index is 630. The first-order chi connectivity index (χ1) is 13.0. The highest BCUT2D eigenvalue weighted by Crippen LogP contribution is 2.65. The van der Waals surface area contributed by atoms with Crippen molar-refractivity contribution in [2.75, 3.05) is 0 Å². The van der Waals surface area contributed by atoms with Gasteiger partial charge >= 0.3 is 6.18 Å². The summed E-state index contributed by atoms with van der Waals surface area (Å²) in [5.41, 5.74) is -2.40. The lowest BCUT2D eigenvalue weighted by Gasteiger charge is -2.57. The van der Waals surface area contributed by atoms with E-state index in [1.165, 1.54) is 0 Å². The minimum atomic E-state index is -4.52. The van der Waals surface area contributed by atoms with Gasteiger partial charge in [-0.15, -0.1) is 0 Å². The number of rotatable bonds is 2. The van der Waals surface area contributed by atoms with Crippen LogP contribution in [0.15, 0.2) is 0 Å². The second kappa shape index (κ2) is 6.72. The molecule has 4 aliphatic rings. The van der Waals surface area contributed by atoms with Crippen LogP contribution in [0.2, 0.25) is 0 Å². The molecule has 0 spiro atoms. The van der Waals surface area contributed by atoms with Crippen molar-refractivity contribution in [1.29, 1.82) is 0 Å². The van der Waals surface area contributed by atoms with Crippen LogP contribution in [-0.4, -0.2) is 22.7 Å². The van der Waals surface area contributed by atoms with E-state index in [-0.39, 0.29) is 36.0 Å². The maximum absolute atomic E-state index is 13.3. The first-order valence-electron chi connectivity index (χ1n) is 11.3. The molecular formula is C23H35F3O2. The zero-order valence-corrected chi connectivity index (χ0v) is 17.4. The largest absolute Gasteiger partial charge is 0.417 e. The monoisotopic (exact) mass is 400 g/mol. The van der Waals surface area contributed by atoms with E-state index in [0.29, 0.717) is 35.9 Å². The van der Waals surface area contributed by atoms with E-state index in [9.17, 15) is 23.1 Å². The van der Waals surface area contributed by atoms with Gasteiger partial charge < -0.3 is 5.11 Å². The second-order valence-electron chi connectivity index (χ2n) is 10.9. The number of ketones is 1. The van der Waals surface area contributed by atoms with Gasteiger partial charge in [0.15, 0.2) is 5.60 Å². The number of aliphatic hydroxyl groups is 1. The van der Waals surface area contributed by atoms with Gasteiger partial charge in [-0.3, -0.25) is 4.79 Å². The third-order valence-corrected chi connectivity index (χ3v) is 9.45. The summed E-state index contributed by atoms with van der Waals surface area (Å²) in [6.07, 6.45) is 1.68. The molecule has 5 heteroatoms. The molecule has 4 saturated carbocycles. The first-order valence-corrected chi connectivity index (χ1v) is 11.3. The van der Waals surface area contributed by atoms with Gasteiger partial charge in [0, 0.05) is 11.8 Å². The number of carbonyl (C=O) groups is 1. The van der Waals surface area contributed by atoms with Gasteiger partial charge in [0.1, 0.15) is 5.78 Å². The van der Waals surface area contributed by atoms with Crippen LogP contribution in [-0.2, 0) is 4.79 Å². The molecule has 0 saturated heterocycles. The smallest absolute Gasteiger partial charge is 0.380 e. The molecule has 0 unspecified atom stereocenters. The molecule has 0 heterocycles. The normalized spacial score (nSPS) is 48.7. The molecule has 0 aliphatic heterocycles. The van der Waals surface area contributed by atoms with E-state index in [1.807, 2.05) is 13.8 Å². The molecule has 0 bridgehead atoms. The Morgan fingerprint density at radius 2 is 1.64 bits per heavy atom. The highest BCUT2D eigenvalue weighted by atomic mass is 19.4. The van der Waals surface area contributed by atoms with Gasteiger partial charge in [0.05, 0.1) is 0 Å².